The minimum absolute atomic E-state index is 0.285. The van der Waals surface area contributed by atoms with Gasteiger partial charge in [0.1, 0.15) is 0 Å². The lowest BCUT2D eigenvalue weighted by molar-refractivity contribution is -0.118. The van der Waals surface area contributed by atoms with Gasteiger partial charge in [0.05, 0.1) is 6.26 Å². The highest BCUT2D eigenvalue weighted by atomic mass is 16.2. The second-order valence-corrected chi connectivity index (χ2v) is 2.10. The summed E-state index contributed by atoms with van der Waals surface area (Å²) in [5.74, 6) is -0.692. The third-order valence-corrected chi connectivity index (χ3v) is 1.13. The lowest BCUT2D eigenvalue weighted by Gasteiger charge is -2.02. The van der Waals surface area contributed by atoms with Gasteiger partial charge in [-0.3, -0.25) is 9.59 Å². The summed E-state index contributed by atoms with van der Waals surface area (Å²) >= 11 is 0. The molecule has 0 aliphatic rings. The number of hydrogen-bond donors (Lipinski definition) is 3. The first kappa shape index (κ1) is 11.2. The highest BCUT2D eigenvalue weighted by Gasteiger charge is 1.94. The van der Waals surface area contributed by atoms with Crippen LogP contribution in [0.15, 0.2) is 25.0 Å². The average molecular weight is 184 g/mol. The zero-order chi connectivity index (χ0) is 10.1. The maximum absolute atomic E-state index is 10.7. The van der Waals surface area contributed by atoms with Crippen molar-refractivity contribution in [3.63, 3.8) is 0 Å². The van der Waals surface area contributed by atoms with Crippen LogP contribution in [0.3, 0.4) is 0 Å². The van der Waals surface area contributed by atoms with Gasteiger partial charge in [0, 0.05) is 19.2 Å². The standard InChI is InChI=1S/C8H12N2O3/c1-2-7(12)9-4-5-10-8(13)3-6-11/h2-3,6,11H,1,4-5H2,(H,9,12)(H,10,13). The van der Waals surface area contributed by atoms with Crippen LogP contribution in [0.25, 0.3) is 0 Å². The molecule has 0 aliphatic carbocycles. The molecular weight excluding hydrogens is 172 g/mol. The van der Waals surface area contributed by atoms with E-state index in [1.54, 1.807) is 0 Å². The number of rotatable bonds is 5. The summed E-state index contributed by atoms with van der Waals surface area (Å²) in [6.07, 6.45) is 2.78. The van der Waals surface area contributed by atoms with Crippen molar-refractivity contribution in [1.82, 2.24) is 10.6 Å². The third kappa shape index (κ3) is 6.61. The zero-order valence-corrected chi connectivity index (χ0v) is 7.12. The van der Waals surface area contributed by atoms with Crippen molar-refractivity contribution in [2.75, 3.05) is 13.1 Å². The van der Waals surface area contributed by atoms with E-state index in [1.165, 1.54) is 0 Å². The maximum Gasteiger partial charge on any atom is 0.247 e. The van der Waals surface area contributed by atoms with Gasteiger partial charge in [-0.2, -0.15) is 0 Å². The van der Waals surface area contributed by atoms with Crippen LogP contribution in [0.1, 0.15) is 0 Å². The highest BCUT2D eigenvalue weighted by molar-refractivity contribution is 5.88. The Hall–Kier alpha value is -1.78. The van der Waals surface area contributed by atoms with Crippen LogP contribution in [0, 0.1) is 0 Å². The molecular formula is C8H12N2O3. The molecule has 0 rings (SSSR count). The second kappa shape index (κ2) is 6.90. The Labute approximate surface area is 76.1 Å². The Balaban J connectivity index is 3.40. The van der Waals surface area contributed by atoms with E-state index in [1.807, 2.05) is 0 Å². The molecule has 0 radical (unpaired) electrons. The van der Waals surface area contributed by atoms with Crippen molar-refractivity contribution < 1.29 is 14.7 Å². The summed E-state index contributed by atoms with van der Waals surface area (Å²) in [6.45, 7) is 3.90. The van der Waals surface area contributed by atoms with Crippen molar-refractivity contribution in [3.8, 4) is 0 Å². The molecule has 2 amide bonds. The van der Waals surface area contributed by atoms with E-state index >= 15 is 0 Å². The first-order chi connectivity index (χ1) is 6.20. The molecule has 13 heavy (non-hydrogen) atoms. The SMILES string of the molecule is C=CC(=O)NCCNC(=O)C=CO. The number of carbonyl (C=O) groups excluding carboxylic acids is 2. The average Bonchev–Trinajstić information content (AvgIpc) is 2.12. The van der Waals surface area contributed by atoms with E-state index in [9.17, 15) is 9.59 Å². The van der Waals surface area contributed by atoms with E-state index in [0.29, 0.717) is 19.4 Å². The van der Waals surface area contributed by atoms with E-state index in [2.05, 4.69) is 17.2 Å². The summed E-state index contributed by atoms with van der Waals surface area (Å²) in [5.41, 5.74) is 0. The molecule has 0 aromatic carbocycles. The molecule has 0 aliphatic heterocycles. The van der Waals surface area contributed by atoms with Crippen LogP contribution in [0.5, 0.6) is 0 Å². The molecule has 0 aromatic rings. The molecule has 0 unspecified atom stereocenters. The van der Waals surface area contributed by atoms with Gasteiger partial charge in [-0.25, -0.2) is 0 Å². The Morgan fingerprint density at radius 2 is 1.77 bits per heavy atom. The number of hydrogen-bond acceptors (Lipinski definition) is 3. The van der Waals surface area contributed by atoms with Crippen LogP contribution < -0.4 is 10.6 Å². The summed E-state index contributed by atoms with van der Waals surface area (Å²) < 4.78 is 0. The fraction of sp³-hybridized carbons (Fsp3) is 0.250. The molecule has 5 nitrogen and oxygen atoms in total. The van der Waals surface area contributed by atoms with Crippen molar-refractivity contribution in [1.29, 1.82) is 0 Å². The summed E-state index contributed by atoms with van der Waals surface area (Å²) in [6, 6.07) is 0. The van der Waals surface area contributed by atoms with E-state index in [-0.39, 0.29) is 5.91 Å². The van der Waals surface area contributed by atoms with Crippen LogP contribution in [-0.4, -0.2) is 30.0 Å². The third-order valence-electron chi connectivity index (χ3n) is 1.13. The summed E-state index contributed by atoms with van der Waals surface area (Å²) in [5, 5.41) is 13.1. The predicted molar refractivity (Wildman–Crippen MR) is 48.0 cm³/mol. The van der Waals surface area contributed by atoms with E-state index < -0.39 is 5.91 Å². The minimum Gasteiger partial charge on any atom is -0.515 e. The van der Waals surface area contributed by atoms with Crippen LogP contribution in [0.2, 0.25) is 0 Å². The predicted octanol–water partition coefficient (Wildman–Crippen LogP) is -0.524. The topological polar surface area (TPSA) is 78.4 Å². The van der Waals surface area contributed by atoms with Gasteiger partial charge in [-0.1, -0.05) is 6.58 Å². The van der Waals surface area contributed by atoms with Crippen LogP contribution in [0.4, 0.5) is 0 Å². The summed E-state index contributed by atoms with van der Waals surface area (Å²) in [4.78, 5) is 21.3. The van der Waals surface area contributed by atoms with Gasteiger partial charge < -0.3 is 15.7 Å². The molecule has 0 fully saturated rings. The van der Waals surface area contributed by atoms with Gasteiger partial charge >= 0.3 is 0 Å². The Morgan fingerprint density at radius 1 is 1.23 bits per heavy atom. The van der Waals surface area contributed by atoms with Crippen LogP contribution in [-0.2, 0) is 9.59 Å². The number of aliphatic hydroxyl groups is 1. The van der Waals surface area contributed by atoms with E-state index in [4.69, 9.17) is 5.11 Å². The quantitative estimate of drug-likeness (QED) is 0.305. The smallest absolute Gasteiger partial charge is 0.247 e. The molecule has 3 N–H and O–H groups in total. The molecule has 0 spiro atoms. The largest absolute Gasteiger partial charge is 0.515 e. The second-order valence-electron chi connectivity index (χ2n) is 2.10. The monoisotopic (exact) mass is 184 g/mol. The highest BCUT2D eigenvalue weighted by Crippen LogP contribution is 1.69. The van der Waals surface area contributed by atoms with Crippen LogP contribution >= 0.6 is 0 Å². The molecule has 0 saturated heterocycles. The van der Waals surface area contributed by atoms with Crippen molar-refractivity contribution >= 4 is 11.8 Å². The van der Waals surface area contributed by atoms with Crippen molar-refractivity contribution in [2.24, 2.45) is 0 Å². The summed E-state index contributed by atoms with van der Waals surface area (Å²) in [7, 11) is 0. The molecule has 0 heterocycles. The molecule has 0 bridgehead atoms. The Kier molecular flexibility index (Phi) is 5.96. The maximum atomic E-state index is 10.7. The van der Waals surface area contributed by atoms with E-state index in [0.717, 1.165) is 12.2 Å². The molecule has 0 atom stereocenters. The van der Waals surface area contributed by atoms with Gasteiger partial charge in [-0.15, -0.1) is 0 Å². The fourth-order valence-corrected chi connectivity index (χ4v) is 0.570. The lowest BCUT2D eigenvalue weighted by atomic mass is 10.5. The normalized spacial score (nSPS) is 9.54. The molecule has 0 aromatic heterocycles. The minimum atomic E-state index is -0.407. The molecule has 72 valence electrons. The van der Waals surface area contributed by atoms with Gasteiger partial charge in [0.25, 0.3) is 0 Å². The lowest BCUT2D eigenvalue weighted by Crippen LogP contribution is -2.33. The Bertz CT molecular complexity index is 223. The number of carbonyl (C=O) groups is 2. The van der Waals surface area contributed by atoms with Crippen molar-refractivity contribution in [2.45, 2.75) is 0 Å². The van der Waals surface area contributed by atoms with Gasteiger partial charge in [0.2, 0.25) is 11.8 Å². The number of nitrogens with one attached hydrogen (secondary N) is 2. The molecule has 0 saturated carbocycles. The first-order valence-corrected chi connectivity index (χ1v) is 3.69. The fourth-order valence-electron chi connectivity index (χ4n) is 0.570. The zero-order valence-electron chi connectivity index (χ0n) is 7.12. The van der Waals surface area contributed by atoms with Gasteiger partial charge in [0.15, 0.2) is 0 Å². The van der Waals surface area contributed by atoms with Gasteiger partial charge in [-0.05, 0) is 6.08 Å². The number of amides is 2. The first-order valence-electron chi connectivity index (χ1n) is 3.69. The van der Waals surface area contributed by atoms with Crippen molar-refractivity contribution in [3.05, 3.63) is 25.0 Å². The Morgan fingerprint density at radius 3 is 2.23 bits per heavy atom. The number of aliphatic hydroxyl groups excluding tert-OH is 1. The molecule has 5 heteroatoms.